The molecule has 1 aromatic carbocycles. The van der Waals surface area contributed by atoms with Crippen LogP contribution in [0.5, 0.6) is 0 Å². The van der Waals surface area contributed by atoms with E-state index >= 15 is 0 Å². The number of nitrogens with zero attached hydrogens (tertiary/aromatic N) is 4. The zero-order valence-corrected chi connectivity index (χ0v) is 13.8. The summed E-state index contributed by atoms with van der Waals surface area (Å²) in [6, 6.07) is 9.45. The van der Waals surface area contributed by atoms with Gasteiger partial charge in [0, 0.05) is 24.1 Å². The fourth-order valence-electron chi connectivity index (χ4n) is 2.32. The van der Waals surface area contributed by atoms with Crippen LogP contribution in [0, 0.1) is 12.7 Å². The van der Waals surface area contributed by atoms with E-state index in [9.17, 15) is 9.18 Å². The predicted molar refractivity (Wildman–Crippen MR) is 93.4 cm³/mol. The van der Waals surface area contributed by atoms with Gasteiger partial charge in [0.15, 0.2) is 0 Å². The van der Waals surface area contributed by atoms with Crippen LogP contribution in [0.1, 0.15) is 16.2 Å². The van der Waals surface area contributed by atoms with Gasteiger partial charge in [0.25, 0.3) is 5.91 Å². The average Bonchev–Trinajstić information content (AvgIpc) is 2.61. The molecular weight excluding hydrogens is 321 g/mol. The molecule has 0 saturated carbocycles. The number of carbonyl (C=O) groups excluding carboxylic acids is 1. The minimum Gasteiger partial charge on any atom is -0.342 e. The van der Waals surface area contributed by atoms with E-state index in [1.165, 1.54) is 18.5 Å². The number of hydrogen-bond acceptors (Lipinski definition) is 5. The van der Waals surface area contributed by atoms with Crippen molar-refractivity contribution in [1.82, 2.24) is 15.0 Å². The van der Waals surface area contributed by atoms with Gasteiger partial charge >= 0.3 is 0 Å². The van der Waals surface area contributed by atoms with Crippen LogP contribution in [0.4, 0.5) is 21.5 Å². The summed E-state index contributed by atoms with van der Waals surface area (Å²) in [4.78, 5) is 26.1. The maximum atomic E-state index is 14.0. The summed E-state index contributed by atoms with van der Waals surface area (Å²) in [5, 5.41) is 2.67. The first-order chi connectivity index (χ1) is 12.0. The number of amides is 1. The van der Waals surface area contributed by atoms with Crippen LogP contribution in [0.3, 0.4) is 0 Å². The average molecular weight is 337 g/mol. The van der Waals surface area contributed by atoms with Crippen LogP contribution in [0.25, 0.3) is 0 Å². The van der Waals surface area contributed by atoms with E-state index in [4.69, 9.17) is 0 Å². The van der Waals surface area contributed by atoms with E-state index in [-0.39, 0.29) is 5.69 Å². The summed E-state index contributed by atoms with van der Waals surface area (Å²) in [5.74, 6) is -0.861. The third-order valence-corrected chi connectivity index (χ3v) is 3.58. The zero-order chi connectivity index (χ0) is 17.8. The van der Waals surface area contributed by atoms with E-state index in [2.05, 4.69) is 20.3 Å². The van der Waals surface area contributed by atoms with Gasteiger partial charge in [0.2, 0.25) is 0 Å². The highest BCUT2D eigenvalue weighted by Gasteiger charge is 2.12. The molecule has 126 valence electrons. The highest BCUT2D eigenvalue weighted by Crippen LogP contribution is 2.26. The van der Waals surface area contributed by atoms with Gasteiger partial charge < -0.3 is 10.2 Å². The Hall–Kier alpha value is -3.35. The number of nitrogens with one attached hydrogen (secondary N) is 1. The number of rotatable bonds is 4. The standard InChI is InChI=1S/C18H16FN5O/c1-12-4-3-5-17(22-12)18(25)23-14-6-13(19)7-15(8-14)24(2)16-9-20-11-21-10-16/h3-11H,1-2H3,(H,23,25). The van der Waals surface area contributed by atoms with Crippen molar-refractivity contribution in [2.24, 2.45) is 0 Å². The van der Waals surface area contributed by atoms with Crippen LogP contribution in [-0.4, -0.2) is 27.9 Å². The second-order valence-electron chi connectivity index (χ2n) is 5.47. The molecule has 3 aromatic rings. The lowest BCUT2D eigenvalue weighted by Crippen LogP contribution is -2.15. The Morgan fingerprint density at radius 2 is 1.88 bits per heavy atom. The Balaban J connectivity index is 1.85. The molecule has 3 rings (SSSR count). The SMILES string of the molecule is Cc1cccc(C(=O)Nc2cc(F)cc(N(C)c3cncnc3)c2)n1. The number of halogens is 1. The van der Waals surface area contributed by atoms with Gasteiger partial charge in [-0.1, -0.05) is 6.07 Å². The molecule has 0 spiro atoms. The molecule has 0 atom stereocenters. The number of hydrogen-bond donors (Lipinski definition) is 1. The molecule has 25 heavy (non-hydrogen) atoms. The molecule has 0 aliphatic heterocycles. The van der Waals surface area contributed by atoms with Crippen molar-refractivity contribution in [3.05, 3.63) is 72.3 Å². The first-order valence-corrected chi connectivity index (χ1v) is 7.57. The van der Waals surface area contributed by atoms with E-state index in [1.807, 2.05) is 0 Å². The van der Waals surface area contributed by atoms with Gasteiger partial charge in [-0.25, -0.2) is 19.3 Å². The minimum absolute atomic E-state index is 0.274. The molecule has 0 bridgehead atoms. The van der Waals surface area contributed by atoms with Gasteiger partial charge in [-0.15, -0.1) is 0 Å². The normalized spacial score (nSPS) is 10.4. The Bertz CT molecular complexity index is 901. The summed E-state index contributed by atoms with van der Waals surface area (Å²) in [6.07, 6.45) is 4.66. The van der Waals surface area contributed by atoms with Gasteiger partial charge in [-0.3, -0.25) is 4.79 Å². The molecule has 0 aliphatic carbocycles. The number of pyridine rings is 1. The van der Waals surface area contributed by atoms with Crippen molar-refractivity contribution in [3.63, 3.8) is 0 Å². The molecule has 7 heteroatoms. The lowest BCUT2D eigenvalue weighted by molar-refractivity contribution is 0.102. The summed E-state index contributed by atoms with van der Waals surface area (Å²) < 4.78 is 14.0. The van der Waals surface area contributed by atoms with Crippen LogP contribution < -0.4 is 10.2 Å². The van der Waals surface area contributed by atoms with Gasteiger partial charge in [0.1, 0.15) is 17.8 Å². The van der Waals surface area contributed by atoms with E-state index in [1.54, 1.807) is 55.5 Å². The smallest absolute Gasteiger partial charge is 0.274 e. The quantitative estimate of drug-likeness (QED) is 0.790. The largest absolute Gasteiger partial charge is 0.342 e. The third kappa shape index (κ3) is 3.95. The first kappa shape index (κ1) is 16.5. The molecule has 1 N–H and O–H groups in total. The number of anilines is 3. The van der Waals surface area contributed by atoms with Gasteiger partial charge in [-0.05, 0) is 37.3 Å². The predicted octanol–water partition coefficient (Wildman–Crippen LogP) is 3.34. The molecule has 2 heterocycles. The number of carbonyl (C=O) groups is 1. The Kier molecular flexibility index (Phi) is 4.65. The summed E-state index contributed by atoms with van der Waals surface area (Å²) in [5.41, 5.74) is 2.60. The molecule has 1 amide bonds. The fraction of sp³-hybridized carbons (Fsp3) is 0.111. The second kappa shape index (κ2) is 7.04. The lowest BCUT2D eigenvalue weighted by Gasteiger charge is -2.19. The lowest BCUT2D eigenvalue weighted by atomic mass is 10.2. The van der Waals surface area contributed by atoms with E-state index in [0.29, 0.717) is 17.1 Å². The third-order valence-electron chi connectivity index (χ3n) is 3.58. The first-order valence-electron chi connectivity index (χ1n) is 7.57. The van der Waals surface area contributed by atoms with Crippen molar-refractivity contribution in [3.8, 4) is 0 Å². The van der Waals surface area contributed by atoms with Gasteiger partial charge in [-0.2, -0.15) is 0 Å². The maximum Gasteiger partial charge on any atom is 0.274 e. The molecule has 0 radical (unpaired) electrons. The number of aryl methyl sites for hydroxylation is 1. The summed E-state index contributed by atoms with van der Waals surface area (Å²) in [7, 11) is 1.77. The van der Waals surface area contributed by atoms with Crippen LogP contribution in [0.2, 0.25) is 0 Å². The van der Waals surface area contributed by atoms with Gasteiger partial charge in [0.05, 0.1) is 18.1 Å². The molecule has 0 aliphatic rings. The van der Waals surface area contributed by atoms with Crippen molar-refractivity contribution in [1.29, 1.82) is 0 Å². The second-order valence-corrected chi connectivity index (χ2v) is 5.47. The van der Waals surface area contributed by atoms with Crippen molar-refractivity contribution in [2.75, 3.05) is 17.3 Å². The van der Waals surface area contributed by atoms with Crippen LogP contribution in [0.15, 0.2) is 55.1 Å². The molecule has 2 aromatic heterocycles. The highest BCUT2D eigenvalue weighted by atomic mass is 19.1. The minimum atomic E-state index is -0.464. The number of benzene rings is 1. The fourth-order valence-corrected chi connectivity index (χ4v) is 2.32. The van der Waals surface area contributed by atoms with Crippen molar-refractivity contribution < 1.29 is 9.18 Å². The van der Waals surface area contributed by atoms with E-state index < -0.39 is 11.7 Å². The van der Waals surface area contributed by atoms with Crippen LogP contribution >= 0.6 is 0 Å². The molecule has 0 unspecified atom stereocenters. The molecule has 0 saturated heterocycles. The summed E-state index contributed by atoms with van der Waals surface area (Å²) in [6.45, 7) is 1.80. The molecule has 6 nitrogen and oxygen atoms in total. The molecule has 0 fully saturated rings. The molecular formula is C18H16FN5O. The zero-order valence-electron chi connectivity index (χ0n) is 13.8. The van der Waals surface area contributed by atoms with Crippen molar-refractivity contribution in [2.45, 2.75) is 6.92 Å². The van der Waals surface area contributed by atoms with Crippen LogP contribution in [-0.2, 0) is 0 Å². The Labute approximate surface area is 144 Å². The monoisotopic (exact) mass is 337 g/mol. The Morgan fingerprint density at radius 1 is 1.12 bits per heavy atom. The Morgan fingerprint density at radius 3 is 2.60 bits per heavy atom. The van der Waals surface area contributed by atoms with Crippen molar-refractivity contribution >= 4 is 23.0 Å². The van der Waals surface area contributed by atoms with E-state index in [0.717, 1.165) is 5.69 Å². The topological polar surface area (TPSA) is 71.0 Å². The maximum absolute atomic E-state index is 14.0. The number of aromatic nitrogens is 3. The highest BCUT2D eigenvalue weighted by molar-refractivity contribution is 6.03. The summed E-state index contributed by atoms with van der Waals surface area (Å²) >= 11 is 0.